The zero-order valence-corrected chi connectivity index (χ0v) is 9.87. The lowest BCUT2D eigenvalue weighted by Crippen LogP contribution is -1.82. The van der Waals surface area contributed by atoms with Gasteiger partial charge >= 0.3 is 0 Å². The van der Waals surface area contributed by atoms with Gasteiger partial charge in [-0.15, -0.1) is 0 Å². The lowest BCUT2D eigenvalue weighted by molar-refractivity contribution is 0.472. The van der Waals surface area contributed by atoms with E-state index in [0.29, 0.717) is 4.47 Å². The van der Waals surface area contributed by atoms with Gasteiger partial charge in [0.05, 0.1) is 16.4 Å². The molecule has 0 radical (unpaired) electrons. The second-order valence-electron chi connectivity index (χ2n) is 3.26. The molecule has 0 bridgehead atoms. The third-order valence-corrected chi connectivity index (χ3v) is 2.86. The Bertz CT molecular complexity index is 479. The summed E-state index contributed by atoms with van der Waals surface area (Å²) in [5.74, 6) is 1.21. The maximum atomic E-state index is 9.37. The predicted octanol–water partition coefficient (Wildman–Crippen LogP) is 3.11. The Balaban J connectivity index is 2.40. The summed E-state index contributed by atoms with van der Waals surface area (Å²) < 4.78 is 0.688. The van der Waals surface area contributed by atoms with Crippen molar-refractivity contribution in [2.45, 2.75) is 13.3 Å². The van der Waals surface area contributed by atoms with Gasteiger partial charge in [-0.25, -0.2) is 4.98 Å². The minimum absolute atomic E-state index is 0.244. The van der Waals surface area contributed by atoms with Gasteiger partial charge in [-0.1, -0.05) is 6.92 Å². The number of phenolic OH excluding ortho intramolecular Hbond substituents is 1. The van der Waals surface area contributed by atoms with Crippen LogP contribution in [0.1, 0.15) is 12.7 Å². The quantitative estimate of drug-likeness (QED) is 0.878. The molecular weight excluding hydrogens is 256 g/mol. The standard InChI is InChI=1S/C11H11BrN2O/c1-2-11-13-6-9(14-11)7-3-4-10(15)8(12)5-7/h3-6,15H,2H2,1H3,(H,13,14). The number of phenols is 1. The molecule has 4 heteroatoms. The molecule has 0 saturated heterocycles. The van der Waals surface area contributed by atoms with Crippen LogP contribution in [0.15, 0.2) is 28.9 Å². The number of aromatic amines is 1. The first-order valence-corrected chi connectivity index (χ1v) is 5.52. The second kappa shape index (κ2) is 4.06. The number of aromatic hydroxyl groups is 1. The molecule has 2 rings (SSSR count). The molecule has 0 aliphatic heterocycles. The monoisotopic (exact) mass is 266 g/mol. The fourth-order valence-electron chi connectivity index (χ4n) is 1.36. The van der Waals surface area contributed by atoms with E-state index in [0.717, 1.165) is 23.5 Å². The van der Waals surface area contributed by atoms with Gasteiger partial charge in [-0.05, 0) is 34.1 Å². The Morgan fingerprint density at radius 3 is 2.87 bits per heavy atom. The first kappa shape index (κ1) is 10.2. The highest BCUT2D eigenvalue weighted by Gasteiger charge is 2.04. The number of imidazole rings is 1. The van der Waals surface area contributed by atoms with Crippen LogP contribution in [0.3, 0.4) is 0 Å². The minimum atomic E-state index is 0.244. The van der Waals surface area contributed by atoms with Gasteiger partial charge in [0.1, 0.15) is 11.6 Å². The topological polar surface area (TPSA) is 48.9 Å². The maximum Gasteiger partial charge on any atom is 0.129 e. The number of rotatable bonds is 2. The van der Waals surface area contributed by atoms with Crippen molar-refractivity contribution in [1.82, 2.24) is 9.97 Å². The van der Waals surface area contributed by atoms with Crippen molar-refractivity contribution in [3.8, 4) is 17.0 Å². The molecule has 0 atom stereocenters. The SMILES string of the molecule is CCc1ncc(-c2ccc(O)c(Br)c2)[nH]1. The molecule has 0 aliphatic rings. The molecule has 0 aliphatic carbocycles. The maximum absolute atomic E-state index is 9.37. The normalized spacial score (nSPS) is 10.5. The van der Waals surface area contributed by atoms with Crippen LogP contribution in [0.25, 0.3) is 11.3 Å². The molecule has 2 aromatic rings. The van der Waals surface area contributed by atoms with Crippen LogP contribution in [0, 0.1) is 0 Å². The van der Waals surface area contributed by atoms with E-state index < -0.39 is 0 Å². The van der Waals surface area contributed by atoms with Crippen molar-refractivity contribution >= 4 is 15.9 Å². The van der Waals surface area contributed by atoms with Crippen molar-refractivity contribution in [2.24, 2.45) is 0 Å². The first-order valence-electron chi connectivity index (χ1n) is 4.73. The molecule has 0 amide bonds. The smallest absolute Gasteiger partial charge is 0.129 e. The number of hydrogen-bond donors (Lipinski definition) is 2. The van der Waals surface area contributed by atoms with E-state index in [1.165, 1.54) is 0 Å². The average molecular weight is 267 g/mol. The number of nitrogens with one attached hydrogen (secondary N) is 1. The van der Waals surface area contributed by atoms with Crippen molar-refractivity contribution in [3.05, 3.63) is 34.7 Å². The number of H-pyrrole nitrogens is 1. The Morgan fingerprint density at radius 2 is 2.27 bits per heavy atom. The van der Waals surface area contributed by atoms with E-state index >= 15 is 0 Å². The summed E-state index contributed by atoms with van der Waals surface area (Å²) in [4.78, 5) is 7.44. The minimum Gasteiger partial charge on any atom is -0.507 e. The third-order valence-electron chi connectivity index (χ3n) is 2.22. The molecule has 3 nitrogen and oxygen atoms in total. The van der Waals surface area contributed by atoms with Gasteiger partial charge < -0.3 is 10.1 Å². The van der Waals surface area contributed by atoms with Crippen LogP contribution in [0.4, 0.5) is 0 Å². The summed E-state index contributed by atoms with van der Waals surface area (Å²) in [5.41, 5.74) is 1.97. The molecule has 0 fully saturated rings. The zero-order valence-electron chi connectivity index (χ0n) is 8.29. The number of halogens is 1. The van der Waals surface area contributed by atoms with E-state index in [9.17, 15) is 5.11 Å². The van der Waals surface area contributed by atoms with E-state index in [-0.39, 0.29) is 5.75 Å². The summed E-state index contributed by atoms with van der Waals surface area (Å²) in [6, 6.07) is 5.38. The Labute approximate surface area is 96.3 Å². The molecule has 1 aromatic carbocycles. The molecule has 0 saturated carbocycles. The van der Waals surface area contributed by atoms with Crippen LogP contribution in [-0.4, -0.2) is 15.1 Å². The summed E-state index contributed by atoms with van der Waals surface area (Å²) in [7, 11) is 0. The van der Waals surface area contributed by atoms with Crippen LogP contribution in [0.5, 0.6) is 5.75 Å². The first-order chi connectivity index (χ1) is 7.20. The van der Waals surface area contributed by atoms with Gasteiger partial charge in [0.15, 0.2) is 0 Å². The highest BCUT2D eigenvalue weighted by molar-refractivity contribution is 9.10. The van der Waals surface area contributed by atoms with Gasteiger partial charge in [-0.2, -0.15) is 0 Å². The van der Waals surface area contributed by atoms with Crippen molar-refractivity contribution in [3.63, 3.8) is 0 Å². The Morgan fingerprint density at radius 1 is 1.47 bits per heavy atom. The van der Waals surface area contributed by atoms with Crippen LogP contribution in [0.2, 0.25) is 0 Å². The van der Waals surface area contributed by atoms with E-state index in [2.05, 4.69) is 32.8 Å². The summed E-state index contributed by atoms with van der Waals surface area (Å²) in [5, 5.41) is 9.37. The summed E-state index contributed by atoms with van der Waals surface area (Å²) >= 11 is 3.28. The van der Waals surface area contributed by atoms with E-state index in [4.69, 9.17) is 0 Å². The summed E-state index contributed by atoms with van der Waals surface area (Å²) in [6.45, 7) is 2.05. The van der Waals surface area contributed by atoms with Gasteiger partial charge in [0.25, 0.3) is 0 Å². The van der Waals surface area contributed by atoms with Crippen LogP contribution >= 0.6 is 15.9 Å². The molecule has 78 valence electrons. The molecule has 2 N–H and O–H groups in total. The number of aromatic nitrogens is 2. The van der Waals surface area contributed by atoms with Crippen molar-refractivity contribution < 1.29 is 5.11 Å². The molecular formula is C11H11BrN2O. The molecule has 1 heterocycles. The number of hydrogen-bond acceptors (Lipinski definition) is 2. The third kappa shape index (κ3) is 2.04. The van der Waals surface area contributed by atoms with E-state index in [1.54, 1.807) is 12.3 Å². The fourth-order valence-corrected chi connectivity index (χ4v) is 1.74. The molecule has 1 aromatic heterocycles. The Kier molecular flexibility index (Phi) is 2.77. The average Bonchev–Trinajstić information content (AvgIpc) is 2.70. The lowest BCUT2D eigenvalue weighted by Gasteiger charge is -2.00. The second-order valence-corrected chi connectivity index (χ2v) is 4.12. The molecule has 0 spiro atoms. The highest BCUT2D eigenvalue weighted by atomic mass is 79.9. The van der Waals surface area contributed by atoms with Crippen molar-refractivity contribution in [2.75, 3.05) is 0 Å². The van der Waals surface area contributed by atoms with Crippen LogP contribution in [-0.2, 0) is 6.42 Å². The predicted molar refractivity (Wildman–Crippen MR) is 62.8 cm³/mol. The van der Waals surface area contributed by atoms with Gasteiger partial charge in [-0.3, -0.25) is 0 Å². The Hall–Kier alpha value is -1.29. The largest absolute Gasteiger partial charge is 0.507 e. The fraction of sp³-hybridized carbons (Fsp3) is 0.182. The summed E-state index contributed by atoms with van der Waals surface area (Å²) in [6.07, 6.45) is 2.69. The zero-order chi connectivity index (χ0) is 10.8. The van der Waals surface area contributed by atoms with Gasteiger partial charge in [0.2, 0.25) is 0 Å². The lowest BCUT2D eigenvalue weighted by atomic mass is 10.2. The van der Waals surface area contributed by atoms with Crippen LogP contribution < -0.4 is 0 Å². The molecule has 15 heavy (non-hydrogen) atoms. The number of nitrogens with zero attached hydrogens (tertiary/aromatic N) is 1. The highest BCUT2D eigenvalue weighted by Crippen LogP contribution is 2.28. The van der Waals surface area contributed by atoms with E-state index in [1.807, 2.05) is 12.1 Å². The number of benzene rings is 1. The molecule has 0 unspecified atom stereocenters. The number of aryl methyl sites for hydroxylation is 1. The van der Waals surface area contributed by atoms with Gasteiger partial charge in [0, 0.05) is 12.0 Å². The van der Waals surface area contributed by atoms with Crippen molar-refractivity contribution in [1.29, 1.82) is 0 Å².